The van der Waals surface area contributed by atoms with E-state index in [-0.39, 0.29) is 0 Å². The van der Waals surface area contributed by atoms with Crippen molar-refractivity contribution in [2.24, 2.45) is 7.05 Å². The van der Waals surface area contributed by atoms with E-state index >= 15 is 0 Å². The van der Waals surface area contributed by atoms with Gasteiger partial charge >= 0.3 is 6.18 Å². The average Bonchev–Trinajstić information content (AvgIpc) is 2.77. The molecular formula is C15H12F3N3. The highest BCUT2D eigenvalue weighted by Gasteiger charge is 2.30. The van der Waals surface area contributed by atoms with Crippen molar-refractivity contribution in [3.8, 4) is 11.4 Å². The average molecular weight is 291 g/mol. The molecule has 0 fully saturated rings. The van der Waals surface area contributed by atoms with Crippen molar-refractivity contribution in [3.05, 3.63) is 47.7 Å². The topological polar surface area (TPSA) is 30.7 Å². The molecule has 0 atom stereocenters. The lowest BCUT2D eigenvalue weighted by Gasteiger charge is -2.07. The molecule has 0 amide bonds. The van der Waals surface area contributed by atoms with Crippen LogP contribution in [-0.4, -0.2) is 14.5 Å². The molecule has 0 saturated carbocycles. The number of fused-ring (bicyclic) bond motifs is 1. The lowest BCUT2D eigenvalue weighted by molar-refractivity contribution is -0.137. The van der Waals surface area contributed by atoms with Gasteiger partial charge in [-0.3, -0.25) is 0 Å². The molecule has 3 rings (SSSR count). The monoisotopic (exact) mass is 291 g/mol. The summed E-state index contributed by atoms with van der Waals surface area (Å²) in [5, 5.41) is 0. The van der Waals surface area contributed by atoms with Crippen molar-refractivity contribution in [3.63, 3.8) is 0 Å². The van der Waals surface area contributed by atoms with Gasteiger partial charge in [-0.1, -0.05) is 12.1 Å². The summed E-state index contributed by atoms with van der Waals surface area (Å²) in [4.78, 5) is 8.76. The van der Waals surface area contributed by atoms with Crippen LogP contribution >= 0.6 is 0 Å². The molecule has 0 bridgehead atoms. The molecule has 0 unspecified atom stereocenters. The van der Waals surface area contributed by atoms with Crippen molar-refractivity contribution < 1.29 is 13.2 Å². The number of hydrogen-bond acceptors (Lipinski definition) is 2. The largest absolute Gasteiger partial charge is 0.416 e. The van der Waals surface area contributed by atoms with Crippen LogP contribution in [0.25, 0.3) is 22.6 Å². The van der Waals surface area contributed by atoms with Crippen LogP contribution in [0.5, 0.6) is 0 Å². The van der Waals surface area contributed by atoms with Gasteiger partial charge in [0.05, 0.1) is 5.56 Å². The highest BCUT2D eigenvalue weighted by Crippen LogP contribution is 2.31. The third-order valence-corrected chi connectivity index (χ3v) is 3.43. The van der Waals surface area contributed by atoms with Crippen molar-refractivity contribution >= 4 is 11.2 Å². The van der Waals surface area contributed by atoms with Gasteiger partial charge in [-0.15, -0.1) is 0 Å². The van der Waals surface area contributed by atoms with Crippen LogP contribution in [0.2, 0.25) is 0 Å². The SMILES string of the molecule is Cc1ccnc2c1nc(-c1ccc(C(F)(F)F)cc1)n2C. The summed E-state index contributed by atoms with van der Waals surface area (Å²) in [6.45, 7) is 1.92. The van der Waals surface area contributed by atoms with E-state index in [0.29, 0.717) is 17.0 Å². The fourth-order valence-electron chi connectivity index (χ4n) is 2.27. The van der Waals surface area contributed by atoms with Gasteiger partial charge in [0.2, 0.25) is 0 Å². The van der Waals surface area contributed by atoms with Crippen LogP contribution in [0.1, 0.15) is 11.1 Å². The van der Waals surface area contributed by atoms with E-state index in [9.17, 15) is 13.2 Å². The molecule has 0 spiro atoms. The van der Waals surface area contributed by atoms with Crippen molar-refractivity contribution in [2.75, 3.05) is 0 Å². The van der Waals surface area contributed by atoms with Gasteiger partial charge in [-0.05, 0) is 30.7 Å². The molecule has 1 aromatic carbocycles. The second kappa shape index (κ2) is 4.58. The van der Waals surface area contributed by atoms with E-state index in [1.807, 2.05) is 13.0 Å². The zero-order valence-electron chi connectivity index (χ0n) is 11.4. The maximum Gasteiger partial charge on any atom is 0.416 e. The second-order valence-corrected chi connectivity index (χ2v) is 4.87. The Kier molecular flexibility index (Phi) is 2.97. The van der Waals surface area contributed by atoms with E-state index in [4.69, 9.17) is 0 Å². The lowest BCUT2D eigenvalue weighted by Crippen LogP contribution is -2.04. The first-order valence-electron chi connectivity index (χ1n) is 6.33. The number of aromatic nitrogens is 3. The molecule has 21 heavy (non-hydrogen) atoms. The van der Waals surface area contributed by atoms with Crippen LogP contribution in [0.15, 0.2) is 36.5 Å². The van der Waals surface area contributed by atoms with E-state index < -0.39 is 11.7 Å². The van der Waals surface area contributed by atoms with E-state index in [1.54, 1.807) is 17.8 Å². The Morgan fingerprint density at radius 1 is 1.05 bits per heavy atom. The van der Waals surface area contributed by atoms with Crippen LogP contribution in [0.3, 0.4) is 0 Å². The number of benzene rings is 1. The van der Waals surface area contributed by atoms with E-state index in [1.165, 1.54) is 12.1 Å². The zero-order valence-corrected chi connectivity index (χ0v) is 11.4. The maximum atomic E-state index is 12.6. The highest BCUT2D eigenvalue weighted by atomic mass is 19.4. The molecule has 0 N–H and O–H groups in total. The molecule has 0 aliphatic rings. The molecule has 0 saturated heterocycles. The summed E-state index contributed by atoms with van der Waals surface area (Å²) in [7, 11) is 1.80. The summed E-state index contributed by atoms with van der Waals surface area (Å²) in [5.41, 5.74) is 2.41. The molecule has 0 aliphatic carbocycles. The fraction of sp³-hybridized carbons (Fsp3) is 0.200. The summed E-state index contributed by atoms with van der Waals surface area (Å²) in [6.07, 6.45) is -2.64. The Morgan fingerprint density at radius 3 is 2.29 bits per heavy atom. The first-order chi connectivity index (χ1) is 9.88. The first kappa shape index (κ1) is 13.6. The summed E-state index contributed by atoms with van der Waals surface area (Å²) >= 11 is 0. The van der Waals surface area contributed by atoms with Gasteiger partial charge < -0.3 is 4.57 Å². The Hall–Kier alpha value is -2.37. The molecule has 6 heteroatoms. The normalized spacial score (nSPS) is 12.0. The summed E-state index contributed by atoms with van der Waals surface area (Å²) < 4.78 is 39.6. The summed E-state index contributed by atoms with van der Waals surface area (Å²) in [5.74, 6) is 0.598. The third-order valence-electron chi connectivity index (χ3n) is 3.43. The van der Waals surface area contributed by atoms with Crippen molar-refractivity contribution in [1.29, 1.82) is 0 Å². The standard InChI is InChI=1S/C15H12F3N3/c1-9-7-8-19-14-12(9)20-13(21(14)2)10-3-5-11(6-4-10)15(16,17)18/h3-8H,1-2H3. The third kappa shape index (κ3) is 2.26. The minimum Gasteiger partial charge on any atom is -0.312 e. The summed E-state index contributed by atoms with van der Waals surface area (Å²) in [6, 6.07) is 6.84. The zero-order chi connectivity index (χ0) is 15.2. The fourth-order valence-corrected chi connectivity index (χ4v) is 2.27. The van der Waals surface area contributed by atoms with Crippen LogP contribution < -0.4 is 0 Å². The second-order valence-electron chi connectivity index (χ2n) is 4.87. The Morgan fingerprint density at radius 2 is 1.71 bits per heavy atom. The quantitative estimate of drug-likeness (QED) is 0.679. The number of pyridine rings is 1. The predicted octanol–water partition coefficient (Wildman–Crippen LogP) is 3.96. The van der Waals surface area contributed by atoms with Crippen LogP contribution in [0, 0.1) is 6.92 Å². The maximum absolute atomic E-state index is 12.6. The molecule has 0 radical (unpaired) electrons. The number of hydrogen-bond donors (Lipinski definition) is 0. The molecule has 3 aromatic rings. The Labute approximate surface area is 119 Å². The molecule has 3 nitrogen and oxygen atoms in total. The van der Waals surface area contributed by atoms with Crippen molar-refractivity contribution in [1.82, 2.24) is 14.5 Å². The van der Waals surface area contributed by atoms with Crippen LogP contribution in [0.4, 0.5) is 13.2 Å². The van der Waals surface area contributed by atoms with E-state index in [2.05, 4.69) is 9.97 Å². The number of halogens is 3. The molecule has 2 aromatic heterocycles. The van der Waals surface area contributed by atoms with E-state index in [0.717, 1.165) is 23.2 Å². The number of rotatable bonds is 1. The lowest BCUT2D eigenvalue weighted by atomic mass is 10.1. The first-order valence-corrected chi connectivity index (χ1v) is 6.33. The Balaban J connectivity index is 2.13. The predicted molar refractivity (Wildman–Crippen MR) is 73.7 cm³/mol. The van der Waals surface area contributed by atoms with Gasteiger partial charge in [0, 0.05) is 18.8 Å². The minimum absolute atomic E-state index is 0.598. The molecule has 0 aliphatic heterocycles. The van der Waals surface area contributed by atoms with Gasteiger partial charge in [-0.2, -0.15) is 13.2 Å². The number of nitrogens with zero attached hydrogens (tertiary/aromatic N) is 3. The number of aryl methyl sites for hydroxylation is 2. The Bertz CT molecular complexity index is 801. The molecule has 2 heterocycles. The molecule has 108 valence electrons. The number of imidazole rings is 1. The van der Waals surface area contributed by atoms with Gasteiger partial charge in [0.15, 0.2) is 5.65 Å². The minimum atomic E-state index is -4.33. The molecular weight excluding hydrogens is 279 g/mol. The van der Waals surface area contributed by atoms with Crippen molar-refractivity contribution in [2.45, 2.75) is 13.1 Å². The van der Waals surface area contributed by atoms with Gasteiger partial charge in [0.25, 0.3) is 0 Å². The van der Waals surface area contributed by atoms with Gasteiger partial charge in [0.1, 0.15) is 11.3 Å². The smallest absolute Gasteiger partial charge is 0.312 e. The van der Waals surface area contributed by atoms with Gasteiger partial charge in [-0.25, -0.2) is 9.97 Å². The number of alkyl halides is 3. The van der Waals surface area contributed by atoms with Crippen LogP contribution in [-0.2, 0) is 13.2 Å². The highest BCUT2D eigenvalue weighted by molar-refractivity contribution is 5.79.